The molecule has 2 aliphatic heterocycles. The van der Waals surface area contributed by atoms with Crippen molar-refractivity contribution in [1.29, 1.82) is 0 Å². The number of nitrogens with one attached hydrogen (secondary N) is 4. The van der Waals surface area contributed by atoms with E-state index in [0.717, 1.165) is 43.3 Å². The minimum Gasteiger partial charge on any atom is -0.465 e. The topological polar surface area (TPSA) is 145 Å². The summed E-state index contributed by atoms with van der Waals surface area (Å²) in [5.74, 6) is 1.51. The number of ether oxygens (including phenoxy) is 1. The van der Waals surface area contributed by atoms with Crippen LogP contribution in [0.3, 0.4) is 0 Å². The van der Waals surface area contributed by atoms with E-state index >= 15 is 0 Å². The standard InChI is InChI=1S/C13H16N8.C4H7FO.C4H9NO2/c1-2-17-19-11(1)18-13-16-9-10(12-15-5-8-21(12)13)20-6-3-14-4-7-20;5-4-1-2-6-3-4;1-3(2)5-4(6)7/h1-2,5,8-9,14H,3-4,6-7H2,(H2,16,17,18,19);4H,1-3H2;3,5H,1-2H3,(H,6,7). The molecule has 5 heterocycles. The number of halogens is 1. The maximum atomic E-state index is 11.8. The number of hydrogen-bond donors (Lipinski definition) is 5. The third-order valence-electron chi connectivity index (χ3n) is 4.90. The molecule has 2 fully saturated rings. The van der Waals surface area contributed by atoms with Crippen molar-refractivity contribution in [3.8, 4) is 0 Å². The van der Waals surface area contributed by atoms with Gasteiger partial charge in [0.1, 0.15) is 12.0 Å². The Kier molecular flexibility index (Phi) is 9.40. The summed E-state index contributed by atoms with van der Waals surface area (Å²) < 4.78 is 18.4. The van der Waals surface area contributed by atoms with E-state index in [1.165, 1.54) is 0 Å². The molecule has 1 unspecified atom stereocenters. The van der Waals surface area contributed by atoms with Crippen molar-refractivity contribution in [2.24, 2.45) is 0 Å². The van der Waals surface area contributed by atoms with Crippen LogP contribution in [0.2, 0.25) is 0 Å². The van der Waals surface area contributed by atoms with Gasteiger partial charge in [-0.3, -0.25) is 9.50 Å². The SMILES string of the molecule is CC(C)NC(=O)O.FC1CCOC1.c1cc(Nc2ncc(N3CCNCC3)c3nccn23)[nH]n1. The summed E-state index contributed by atoms with van der Waals surface area (Å²) in [6.07, 6.45) is 6.24. The zero-order valence-corrected chi connectivity index (χ0v) is 19.4. The number of carboxylic acid groups (broad SMARTS) is 1. The predicted octanol–water partition coefficient (Wildman–Crippen LogP) is 2.01. The molecule has 1 atom stereocenters. The maximum Gasteiger partial charge on any atom is 0.404 e. The van der Waals surface area contributed by atoms with Gasteiger partial charge in [0.05, 0.1) is 24.7 Å². The summed E-state index contributed by atoms with van der Waals surface area (Å²) in [5, 5.41) is 23.5. The van der Waals surface area contributed by atoms with Gasteiger partial charge >= 0.3 is 6.09 Å². The molecular formula is C21H32FN9O3. The number of anilines is 3. The van der Waals surface area contributed by atoms with Gasteiger partial charge < -0.3 is 30.7 Å². The van der Waals surface area contributed by atoms with E-state index < -0.39 is 12.3 Å². The molecular weight excluding hydrogens is 445 g/mol. The largest absolute Gasteiger partial charge is 0.465 e. The smallest absolute Gasteiger partial charge is 0.404 e. The van der Waals surface area contributed by atoms with Gasteiger partial charge in [-0.1, -0.05) is 0 Å². The summed E-state index contributed by atoms with van der Waals surface area (Å²) in [7, 11) is 0. The summed E-state index contributed by atoms with van der Waals surface area (Å²) in [6.45, 7) is 8.39. The fraction of sp³-hybridized carbons (Fsp3) is 0.524. The van der Waals surface area contributed by atoms with Crippen LogP contribution in [0.25, 0.3) is 5.65 Å². The van der Waals surface area contributed by atoms with Crippen LogP contribution >= 0.6 is 0 Å². The third kappa shape index (κ3) is 7.56. The van der Waals surface area contributed by atoms with E-state index in [1.54, 1.807) is 26.2 Å². The van der Waals surface area contributed by atoms with Crippen molar-refractivity contribution >= 4 is 29.2 Å². The quantitative estimate of drug-likeness (QED) is 0.381. The average Bonchev–Trinajstić information content (AvgIpc) is 3.58. The number of imidazole rings is 1. The molecule has 2 aliphatic rings. The van der Waals surface area contributed by atoms with Gasteiger partial charge in [-0.05, 0) is 13.8 Å². The second-order valence-corrected chi connectivity index (χ2v) is 7.99. The lowest BCUT2D eigenvalue weighted by atomic mass is 10.3. The molecule has 12 nitrogen and oxygen atoms in total. The van der Waals surface area contributed by atoms with Gasteiger partial charge in [-0.25, -0.2) is 19.2 Å². The lowest BCUT2D eigenvalue weighted by molar-refractivity contribution is 0.173. The Morgan fingerprint density at radius 2 is 2.09 bits per heavy atom. The maximum absolute atomic E-state index is 11.8. The van der Waals surface area contributed by atoms with Gasteiger partial charge in [-0.15, -0.1) is 0 Å². The average molecular weight is 478 g/mol. The number of piperazine rings is 1. The molecule has 0 aromatic carbocycles. The molecule has 0 radical (unpaired) electrons. The number of H-pyrrole nitrogens is 1. The van der Waals surface area contributed by atoms with Gasteiger partial charge in [0.25, 0.3) is 0 Å². The van der Waals surface area contributed by atoms with Crippen molar-refractivity contribution in [3.05, 3.63) is 30.9 Å². The Balaban J connectivity index is 0.000000205. The predicted molar refractivity (Wildman–Crippen MR) is 127 cm³/mol. The fourth-order valence-corrected chi connectivity index (χ4v) is 3.33. The summed E-state index contributed by atoms with van der Waals surface area (Å²) >= 11 is 0. The lowest BCUT2D eigenvalue weighted by Gasteiger charge is -2.29. The monoisotopic (exact) mass is 477 g/mol. The number of hydrogen-bond acceptors (Lipinski definition) is 8. The Labute approximate surface area is 196 Å². The number of aromatic amines is 1. The van der Waals surface area contributed by atoms with Gasteiger partial charge in [0.15, 0.2) is 5.65 Å². The molecule has 3 aromatic heterocycles. The van der Waals surface area contributed by atoms with Crippen molar-refractivity contribution < 1.29 is 19.0 Å². The first-order valence-corrected chi connectivity index (χ1v) is 11.2. The fourth-order valence-electron chi connectivity index (χ4n) is 3.33. The van der Waals surface area contributed by atoms with E-state index in [1.807, 2.05) is 22.9 Å². The molecule has 0 bridgehead atoms. The minimum atomic E-state index is -0.963. The first-order valence-electron chi connectivity index (χ1n) is 11.2. The van der Waals surface area contributed by atoms with E-state index in [0.29, 0.717) is 25.6 Å². The first kappa shape index (κ1) is 25.2. The number of carbonyl (C=O) groups is 1. The molecule has 0 spiro atoms. The van der Waals surface area contributed by atoms with E-state index in [-0.39, 0.29) is 6.04 Å². The van der Waals surface area contributed by atoms with Gasteiger partial charge in [0, 0.05) is 63.7 Å². The van der Waals surface area contributed by atoms with E-state index in [9.17, 15) is 9.18 Å². The zero-order valence-electron chi connectivity index (χ0n) is 19.4. The number of nitrogens with zero attached hydrogens (tertiary/aromatic N) is 5. The van der Waals surface area contributed by atoms with Crippen LogP contribution in [0, 0.1) is 0 Å². The third-order valence-corrected chi connectivity index (χ3v) is 4.90. The van der Waals surface area contributed by atoms with Crippen LogP contribution in [-0.4, -0.2) is 87.4 Å². The Morgan fingerprint density at radius 3 is 2.62 bits per heavy atom. The molecule has 3 aromatic rings. The van der Waals surface area contributed by atoms with Crippen LogP contribution < -0.4 is 20.9 Å². The highest BCUT2D eigenvalue weighted by Crippen LogP contribution is 2.23. The highest BCUT2D eigenvalue weighted by atomic mass is 19.1. The van der Waals surface area contributed by atoms with Crippen LogP contribution in [0.4, 0.5) is 26.6 Å². The molecule has 13 heteroatoms. The molecule has 186 valence electrons. The zero-order chi connectivity index (χ0) is 24.3. The first-order chi connectivity index (χ1) is 16.4. The Morgan fingerprint density at radius 1 is 1.29 bits per heavy atom. The summed E-state index contributed by atoms with van der Waals surface area (Å²) in [5.41, 5.74) is 1.98. The van der Waals surface area contributed by atoms with Crippen LogP contribution in [0.5, 0.6) is 0 Å². The van der Waals surface area contributed by atoms with Crippen LogP contribution in [0.15, 0.2) is 30.9 Å². The van der Waals surface area contributed by atoms with E-state index in [4.69, 9.17) is 5.11 Å². The van der Waals surface area contributed by atoms with Crippen LogP contribution in [0.1, 0.15) is 20.3 Å². The number of rotatable bonds is 4. The summed E-state index contributed by atoms with van der Waals surface area (Å²) in [4.78, 5) is 21.0. The summed E-state index contributed by atoms with van der Waals surface area (Å²) in [6, 6.07) is 1.88. The molecule has 0 aliphatic carbocycles. The second kappa shape index (κ2) is 12.7. The molecule has 0 saturated carbocycles. The highest BCUT2D eigenvalue weighted by Gasteiger charge is 2.17. The Bertz CT molecular complexity index is 1000. The number of alkyl halides is 1. The Hall–Kier alpha value is -3.45. The lowest BCUT2D eigenvalue weighted by Crippen LogP contribution is -2.43. The second-order valence-electron chi connectivity index (χ2n) is 7.99. The molecule has 2 saturated heterocycles. The van der Waals surface area contributed by atoms with Crippen molar-refractivity contribution in [2.75, 3.05) is 49.6 Å². The molecule has 34 heavy (non-hydrogen) atoms. The van der Waals surface area contributed by atoms with Gasteiger partial charge in [-0.2, -0.15) is 5.10 Å². The minimum absolute atomic E-state index is 0.0255. The number of amides is 1. The van der Waals surface area contributed by atoms with Crippen molar-refractivity contribution in [2.45, 2.75) is 32.5 Å². The highest BCUT2D eigenvalue weighted by molar-refractivity contribution is 5.71. The molecule has 1 amide bonds. The van der Waals surface area contributed by atoms with Crippen molar-refractivity contribution in [1.82, 2.24) is 35.2 Å². The van der Waals surface area contributed by atoms with Gasteiger partial charge in [0.2, 0.25) is 5.95 Å². The number of fused-ring (bicyclic) bond motifs is 1. The van der Waals surface area contributed by atoms with E-state index in [2.05, 4.69) is 45.8 Å². The van der Waals surface area contributed by atoms with Crippen molar-refractivity contribution in [3.63, 3.8) is 0 Å². The van der Waals surface area contributed by atoms with Crippen LogP contribution in [-0.2, 0) is 4.74 Å². The normalized spacial score (nSPS) is 17.5. The number of aromatic nitrogens is 5. The molecule has 5 N–H and O–H groups in total. The molecule has 5 rings (SSSR count).